The van der Waals surface area contributed by atoms with Crippen LogP contribution in [0.1, 0.15) is 0 Å². The van der Waals surface area contributed by atoms with Crippen LogP contribution in [-0.4, -0.2) is 17.1 Å². The molecule has 6 heteroatoms. The monoisotopic (exact) mass is 251 g/mol. The number of aromatic nitrogens is 2. The van der Waals surface area contributed by atoms with Crippen LogP contribution in [0.3, 0.4) is 0 Å². The molecule has 2 rings (SSSR count). The molecular weight excluding hydrogens is 242 g/mol. The first-order chi connectivity index (χ1) is 8.17. The van der Waals surface area contributed by atoms with Crippen molar-refractivity contribution in [2.75, 3.05) is 12.8 Å². The molecule has 17 heavy (non-hydrogen) atoms. The summed E-state index contributed by atoms with van der Waals surface area (Å²) in [7, 11) is 1.49. The number of nitrogens with zero attached hydrogens (tertiary/aromatic N) is 2. The first kappa shape index (κ1) is 11.5. The molecule has 0 amide bonds. The van der Waals surface area contributed by atoms with Gasteiger partial charge >= 0.3 is 0 Å². The van der Waals surface area contributed by atoms with Gasteiger partial charge in [-0.05, 0) is 18.2 Å². The Morgan fingerprint density at radius 1 is 1.18 bits per heavy atom. The van der Waals surface area contributed by atoms with Crippen LogP contribution in [0.5, 0.6) is 17.5 Å². The molecule has 0 fully saturated rings. The normalized spacial score (nSPS) is 10.0. The van der Waals surface area contributed by atoms with Crippen molar-refractivity contribution in [3.63, 3.8) is 0 Å². The Morgan fingerprint density at radius 3 is 2.65 bits per heavy atom. The Bertz CT molecular complexity index is 534. The van der Waals surface area contributed by atoms with E-state index in [9.17, 15) is 0 Å². The number of halogens is 1. The van der Waals surface area contributed by atoms with E-state index in [2.05, 4.69) is 9.97 Å². The van der Waals surface area contributed by atoms with Gasteiger partial charge in [0.25, 0.3) is 0 Å². The van der Waals surface area contributed by atoms with E-state index in [0.29, 0.717) is 22.5 Å². The topological polar surface area (TPSA) is 70.3 Å². The molecule has 0 aliphatic heterocycles. The zero-order valence-electron chi connectivity index (χ0n) is 9.05. The smallest absolute Gasteiger partial charge is 0.227 e. The molecule has 1 heterocycles. The highest BCUT2D eigenvalue weighted by Crippen LogP contribution is 2.25. The van der Waals surface area contributed by atoms with E-state index in [-0.39, 0.29) is 5.95 Å². The average Bonchev–Trinajstić information content (AvgIpc) is 2.28. The van der Waals surface area contributed by atoms with Gasteiger partial charge in [0.05, 0.1) is 13.2 Å². The third-order valence-electron chi connectivity index (χ3n) is 1.92. The number of hydrogen-bond donors (Lipinski definition) is 1. The highest BCUT2D eigenvalue weighted by atomic mass is 35.5. The van der Waals surface area contributed by atoms with Crippen molar-refractivity contribution in [1.82, 2.24) is 9.97 Å². The molecule has 0 aliphatic carbocycles. The zero-order valence-corrected chi connectivity index (χ0v) is 9.81. The molecule has 0 saturated heterocycles. The van der Waals surface area contributed by atoms with E-state index in [1.165, 1.54) is 13.2 Å². The fourth-order valence-electron chi connectivity index (χ4n) is 1.23. The van der Waals surface area contributed by atoms with E-state index in [0.717, 1.165) is 0 Å². The summed E-state index contributed by atoms with van der Waals surface area (Å²) < 4.78 is 10.4. The predicted molar refractivity (Wildman–Crippen MR) is 64.5 cm³/mol. The van der Waals surface area contributed by atoms with Gasteiger partial charge in [-0.25, -0.2) is 0 Å². The quantitative estimate of drug-likeness (QED) is 0.908. The van der Waals surface area contributed by atoms with Gasteiger partial charge in [0.15, 0.2) is 0 Å². The molecule has 88 valence electrons. The summed E-state index contributed by atoms with van der Waals surface area (Å²) in [5.74, 6) is 1.30. The van der Waals surface area contributed by atoms with E-state index >= 15 is 0 Å². The largest absolute Gasteiger partial charge is 0.481 e. The Kier molecular flexibility index (Phi) is 3.30. The molecule has 1 aromatic carbocycles. The first-order valence-corrected chi connectivity index (χ1v) is 5.17. The van der Waals surface area contributed by atoms with Gasteiger partial charge < -0.3 is 15.2 Å². The molecule has 0 radical (unpaired) electrons. The molecular formula is C11H10ClN3O2. The van der Waals surface area contributed by atoms with Crippen LogP contribution in [0.25, 0.3) is 0 Å². The van der Waals surface area contributed by atoms with Crippen molar-refractivity contribution < 1.29 is 9.47 Å². The van der Waals surface area contributed by atoms with Gasteiger partial charge in [-0.1, -0.05) is 17.7 Å². The van der Waals surface area contributed by atoms with Gasteiger partial charge in [-0.3, -0.25) is 0 Å². The summed E-state index contributed by atoms with van der Waals surface area (Å²) >= 11 is 5.84. The maximum atomic E-state index is 5.84. The van der Waals surface area contributed by atoms with Crippen molar-refractivity contribution in [2.24, 2.45) is 0 Å². The number of anilines is 1. The molecule has 0 atom stereocenters. The number of benzene rings is 1. The second-order valence-electron chi connectivity index (χ2n) is 3.17. The summed E-state index contributed by atoms with van der Waals surface area (Å²) in [5.41, 5.74) is 5.51. The third kappa shape index (κ3) is 2.98. The van der Waals surface area contributed by atoms with E-state index < -0.39 is 0 Å². The summed E-state index contributed by atoms with van der Waals surface area (Å²) in [6.45, 7) is 0. The minimum absolute atomic E-state index is 0.0846. The molecule has 0 aliphatic rings. The standard InChI is InChI=1S/C11H10ClN3O2/c1-16-9-6-10(15-11(13)14-9)17-8-4-2-3-7(12)5-8/h2-6H,1H3,(H2,13,14,15). The lowest BCUT2D eigenvalue weighted by Crippen LogP contribution is -1.99. The Labute approximate surface area is 103 Å². The number of methoxy groups -OCH3 is 1. The van der Waals surface area contributed by atoms with Crippen LogP contribution in [0.4, 0.5) is 5.95 Å². The molecule has 2 N–H and O–H groups in total. The number of nitrogens with two attached hydrogens (primary N) is 1. The summed E-state index contributed by atoms with van der Waals surface area (Å²) in [5, 5.41) is 0.580. The molecule has 0 bridgehead atoms. The lowest BCUT2D eigenvalue weighted by Gasteiger charge is -2.06. The molecule has 0 unspecified atom stereocenters. The van der Waals surface area contributed by atoms with E-state index in [1.807, 2.05) is 0 Å². The van der Waals surface area contributed by atoms with Crippen LogP contribution >= 0.6 is 11.6 Å². The van der Waals surface area contributed by atoms with Crippen LogP contribution in [0, 0.1) is 0 Å². The van der Waals surface area contributed by atoms with Crippen molar-refractivity contribution >= 4 is 17.5 Å². The van der Waals surface area contributed by atoms with Crippen LogP contribution in [0.2, 0.25) is 5.02 Å². The highest BCUT2D eigenvalue weighted by Gasteiger charge is 2.05. The highest BCUT2D eigenvalue weighted by molar-refractivity contribution is 6.30. The lowest BCUT2D eigenvalue weighted by atomic mass is 10.3. The van der Waals surface area contributed by atoms with Crippen molar-refractivity contribution in [3.8, 4) is 17.5 Å². The minimum Gasteiger partial charge on any atom is -0.481 e. The fraction of sp³-hybridized carbons (Fsp3) is 0.0909. The van der Waals surface area contributed by atoms with Crippen molar-refractivity contribution in [2.45, 2.75) is 0 Å². The first-order valence-electron chi connectivity index (χ1n) is 4.79. The third-order valence-corrected chi connectivity index (χ3v) is 2.16. The summed E-state index contributed by atoms with van der Waals surface area (Å²) in [6, 6.07) is 8.50. The summed E-state index contributed by atoms with van der Waals surface area (Å²) in [4.78, 5) is 7.78. The van der Waals surface area contributed by atoms with Gasteiger partial charge in [0.1, 0.15) is 5.75 Å². The number of nitrogen functional groups attached to an aromatic ring is 1. The molecule has 1 aromatic heterocycles. The Hall–Kier alpha value is -2.01. The van der Waals surface area contributed by atoms with E-state index in [4.69, 9.17) is 26.8 Å². The maximum Gasteiger partial charge on any atom is 0.227 e. The van der Waals surface area contributed by atoms with Crippen LogP contribution < -0.4 is 15.2 Å². The number of ether oxygens (including phenoxy) is 2. The lowest BCUT2D eigenvalue weighted by molar-refractivity contribution is 0.389. The maximum absolute atomic E-state index is 5.84. The number of hydrogen-bond acceptors (Lipinski definition) is 5. The van der Waals surface area contributed by atoms with Crippen molar-refractivity contribution in [3.05, 3.63) is 35.4 Å². The van der Waals surface area contributed by atoms with Gasteiger partial charge in [0, 0.05) is 5.02 Å². The van der Waals surface area contributed by atoms with Crippen molar-refractivity contribution in [1.29, 1.82) is 0 Å². The average molecular weight is 252 g/mol. The summed E-state index contributed by atoms with van der Waals surface area (Å²) in [6.07, 6.45) is 0. The SMILES string of the molecule is COc1cc(Oc2cccc(Cl)c2)nc(N)n1. The fourth-order valence-corrected chi connectivity index (χ4v) is 1.41. The predicted octanol–water partition coefficient (Wildman–Crippen LogP) is 2.51. The van der Waals surface area contributed by atoms with Gasteiger partial charge in [0.2, 0.25) is 17.7 Å². The molecule has 0 spiro atoms. The van der Waals surface area contributed by atoms with Crippen LogP contribution in [-0.2, 0) is 0 Å². The van der Waals surface area contributed by atoms with Gasteiger partial charge in [-0.2, -0.15) is 9.97 Å². The molecule has 2 aromatic rings. The Balaban J connectivity index is 2.26. The van der Waals surface area contributed by atoms with Gasteiger partial charge in [-0.15, -0.1) is 0 Å². The van der Waals surface area contributed by atoms with Crippen LogP contribution in [0.15, 0.2) is 30.3 Å². The minimum atomic E-state index is 0.0846. The number of rotatable bonds is 3. The Morgan fingerprint density at radius 2 is 1.94 bits per heavy atom. The molecule has 5 nitrogen and oxygen atoms in total. The van der Waals surface area contributed by atoms with E-state index in [1.54, 1.807) is 24.3 Å². The molecule has 0 saturated carbocycles. The zero-order chi connectivity index (χ0) is 12.3. The second kappa shape index (κ2) is 4.88. The second-order valence-corrected chi connectivity index (χ2v) is 3.60.